The van der Waals surface area contributed by atoms with Crippen LogP contribution in [0.5, 0.6) is 11.5 Å². The molecule has 2 saturated carbocycles. The average molecular weight is 623 g/mol. The van der Waals surface area contributed by atoms with Gasteiger partial charge in [-0.25, -0.2) is 9.59 Å². The molecule has 0 spiro atoms. The molecule has 10 heteroatoms. The van der Waals surface area contributed by atoms with Crippen molar-refractivity contribution < 1.29 is 33.6 Å². The van der Waals surface area contributed by atoms with E-state index in [4.69, 9.17) is 30.5 Å². The van der Waals surface area contributed by atoms with E-state index in [1.165, 1.54) is 0 Å². The van der Waals surface area contributed by atoms with Gasteiger partial charge in [0.15, 0.2) is 11.5 Å². The zero-order valence-corrected chi connectivity index (χ0v) is 25.6. The second kappa shape index (κ2) is 14.8. The van der Waals surface area contributed by atoms with Gasteiger partial charge in [-0.05, 0) is 100 Å². The molecule has 2 fully saturated rings. The summed E-state index contributed by atoms with van der Waals surface area (Å²) in [7, 11) is 0. The molecule has 1 aliphatic heterocycles. The summed E-state index contributed by atoms with van der Waals surface area (Å²) in [4.78, 5) is 27.0. The van der Waals surface area contributed by atoms with Gasteiger partial charge in [0.1, 0.15) is 12.2 Å². The van der Waals surface area contributed by atoms with Gasteiger partial charge in [-0.2, -0.15) is 0 Å². The Morgan fingerprint density at radius 3 is 2.12 bits per heavy atom. The van der Waals surface area contributed by atoms with Crippen molar-refractivity contribution in [2.75, 3.05) is 6.54 Å². The van der Waals surface area contributed by atoms with E-state index in [0.717, 1.165) is 75.3 Å². The summed E-state index contributed by atoms with van der Waals surface area (Å²) in [5.74, 6) is -3.41. The van der Waals surface area contributed by atoms with Crippen molar-refractivity contribution in [3.8, 4) is 11.5 Å². The van der Waals surface area contributed by atoms with Crippen LogP contribution in [0.4, 0.5) is 0 Å². The predicted molar refractivity (Wildman–Crippen MR) is 161 cm³/mol. The molecule has 2 unspecified atom stereocenters. The summed E-state index contributed by atoms with van der Waals surface area (Å²) in [6, 6.07) is 12.6. The van der Waals surface area contributed by atoms with Gasteiger partial charge in [-0.1, -0.05) is 42.6 Å². The molecule has 0 radical (unpaired) electrons. The minimum atomic E-state index is -2.30. The summed E-state index contributed by atoms with van der Waals surface area (Å²) < 4.78 is 23.6. The molecule has 2 aliphatic carbocycles. The van der Waals surface area contributed by atoms with Gasteiger partial charge in [0.05, 0.1) is 6.10 Å². The van der Waals surface area contributed by atoms with Crippen LogP contribution < -0.4 is 14.8 Å². The van der Waals surface area contributed by atoms with E-state index in [9.17, 15) is 14.7 Å². The highest BCUT2D eigenvalue weighted by molar-refractivity contribution is 6.30. The molecular weight excluding hydrogens is 581 g/mol. The fraction of sp³-hybridized carbons (Fsp3) is 0.562. The lowest BCUT2D eigenvalue weighted by Crippen LogP contribution is -2.57. The zero-order chi connectivity index (χ0) is 28.8. The van der Waals surface area contributed by atoms with Crippen LogP contribution in [-0.2, 0) is 25.5 Å². The first-order chi connectivity index (χ1) is 19.8. The number of carbonyl (C=O) groups is 2. The smallest absolute Gasteiger partial charge is 0.453 e. The second-order valence-corrected chi connectivity index (χ2v) is 12.0. The Kier molecular flexibility index (Phi) is 11.4. The molecule has 0 bridgehead atoms. The Hall–Kier alpha value is -2.52. The van der Waals surface area contributed by atoms with Gasteiger partial charge in [0.2, 0.25) is 0 Å². The van der Waals surface area contributed by atoms with Crippen LogP contribution in [0.25, 0.3) is 0 Å². The maximum Gasteiger partial charge on any atom is 0.453 e. The van der Waals surface area contributed by atoms with Crippen LogP contribution >= 0.6 is 24.0 Å². The van der Waals surface area contributed by atoms with E-state index in [1.807, 2.05) is 25.1 Å². The number of hydrogen-bond donors (Lipinski definition) is 2. The Balaban J connectivity index is 0.00000405. The second-order valence-electron chi connectivity index (χ2n) is 11.5. The highest BCUT2D eigenvalue weighted by atomic mass is 35.5. The quantitative estimate of drug-likeness (QED) is 0.237. The van der Waals surface area contributed by atoms with Crippen LogP contribution in [0.15, 0.2) is 42.5 Å². The summed E-state index contributed by atoms with van der Waals surface area (Å²) in [5, 5.41) is 14.5. The predicted octanol–water partition coefficient (Wildman–Crippen LogP) is 6.24. The standard InChI is InChI=1S/C32H40ClNO7.ClH/c1-21(34-20-27(35)23-9-8-10-24(33)19-23)17-22-15-16-28-29(18-22)41-32(40-28,30(36)38-25-11-4-2-5-12-25)31(37)39-26-13-6-3-7-14-26;/h8-10,15-16,18-19,21,25-27,34-35H,2-7,11-14,17,20H2,1H3;1H. The molecule has 42 heavy (non-hydrogen) atoms. The molecule has 1 heterocycles. The van der Waals surface area contributed by atoms with Gasteiger partial charge in [-0.3, -0.25) is 0 Å². The lowest BCUT2D eigenvalue weighted by atomic mass is 9.97. The summed E-state index contributed by atoms with van der Waals surface area (Å²) in [5.41, 5.74) is 1.67. The van der Waals surface area contributed by atoms with Crippen molar-refractivity contribution in [2.45, 2.75) is 108 Å². The maximum atomic E-state index is 13.5. The molecule has 0 aromatic heterocycles. The number of carbonyl (C=O) groups excluding carboxylic acids is 2. The lowest BCUT2D eigenvalue weighted by Gasteiger charge is -2.30. The first-order valence-electron chi connectivity index (χ1n) is 14.9. The third-order valence-electron chi connectivity index (χ3n) is 8.14. The van der Waals surface area contributed by atoms with Gasteiger partial charge >= 0.3 is 17.7 Å². The van der Waals surface area contributed by atoms with Crippen LogP contribution in [0.1, 0.15) is 88.4 Å². The summed E-state index contributed by atoms with van der Waals surface area (Å²) in [6.45, 7) is 2.37. The topological polar surface area (TPSA) is 103 Å². The molecule has 3 aliphatic rings. The van der Waals surface area contributed by atoms with Gasteiger partial charge in [0.25, 0.3) is 0 Å². The van der Waals surface area contributed by atoms with Crippen molar-refractivity contribution in [1.82, 2.24) is 5.32 Å². The van der Waals surface area contributed by atoms with Crippen molar-refractivity contribution >= 4 is 35.9 Å². The Morgan fingerprint density at radius 1 is 0.929 bits per heavy atom. The summed E-state index contributed by atoms with van der Waals surface area (Å²) in [6.07, 6.45) is 8.54. The van der Waals surface area contributed by atoms with Crippen molar-refractivity contribution in [3.05, 3.63) is 58.6 Å². The molecule has 2 N–H and O–H groups in total. The molecule has 2 aromatic carbocycles. The number of esters is 2. The number of hydrogen-bond acceptors (Lipinski definition) is 8. The first kappa shape index (κ1) is 32.4. The summed E-state index contributed by atoms with van der Waals surface area (Å²) >= 11 is 6.05. The molecule has 0 amide bonds. The monoisotopic (exact) mass is 621 g/mol. The van der Waals surface area contributed by atoms with E-state index < -0.39 is 23.8 Å². The van der Waals surface area contributed by atoms with Gasteiger partial charge < -0.3 is 29.4 Å². The molecule has 230 valence electrons. The minimum absolute atomic E-state index is 0. The maximum absolute atomic E-state index is 13.5. The SMILES string of the molecule is CC(Cc1ccc2c(c1)OC(C(=O)OC1CCCCC1)(C(=O)OC1CCCCC1)O2)NCC(O)c1cccc(Cl)c1.Cl. The molecule has 5 rings (SSSR count). The highest BCUT2D eigenvalue weighted by Crippen LogP contribution is 2.42. The van der Waals surface area contributed by atoms with Gasteiger partial charge in [-0.15, -0.1) is 12.4 Å². The van der Waals surface area contributed by atoms with E-state index in [2.05, 4.69) is 5.32 Å². The molecule has 8 nitrogen and oxygen atoms in total. The molecule has 0 saturated heterocycles. The molecule has 2 atom stereocenters. The van der Waals surface area contributed by atoms with Crippen molar-refractivity contribution in [2.24, 2.45) is 0 Å². The third kappa shape index (κ3) is 7.90. The number of rotatable bonds is 10. The van der Waals surface area contributed by atoms with Crippen LogP contribution in [0, 0.1) is 0 Å². The van der Waals surface area contributed by atoms with Crippen LogP contribution in [0.3, 0.4) is 0 Å². The van der Waals surface area contributed by atoms with E-state index in [1.54, 1.807) is 24.3 Å². The van der Waals surface area contributed by atoms with E-state index in [0.29, 0.717) is 29.5 Å². The lowest BCUT2D eigenvalue weighted by molar-refractivity contribution is -0.210. The zero-order valence-electron chi connectivity index (χ0n) is 24.0. The van der Waals surface area contributed by atoms with Gasteiger partial charge in [0, 0.05) is 17.6 Å². The largest absolute Gasteiger partial charge is 0.456 e. The molecule has 2 aromatic rings. The third-order valence-corrected chi connectivity index (χ3v) is 8.37. The van der Waals surface area contributed by atoms with Crippen LogP contribution in [0.2, 0.25) is 5.02 Å². The number of halogens is 2. The van der Waals surface area contributed by atoms with Crippen molar-refractivity contribution in [3.63, 3.8) is 0 Å². The Morgan fingerprint density at radius 2 is 1.52 bits per heavy atom. The first-order valence-corrected chi connectivity index (χ1v) is 15.3. The highest BCUT2D eigenvalue weighted by Gasteiger charge is 2.60. The fourth-order valence-electron chi connectivity index (χ4n) is 5.82. The Bertz CT molecular complexity index is 1180. The van der Waals surface area contributed by atoms with Crippen molar-refractivity contribution in [1.29, 1.82) is 0 Å². The Labute approximate surface area is 258 Å². The number of ether oxygens (including phenoxy) is 4. The van der Waals surface area contributed by atoms with E-state index in [-0.39, 0.29) is 30.7 Å². The normalized spacial score (nSPS) is 19.8. The number of fused-ring (bicyclic) bond motifs is 1. The number of aliphatic hydroxyl groups excluding tert-OH is 1. The molecular formula is C32H41Cl2NO7. The fourth-order valence-corrected chi connectivity index (χ4v) is 6.02. The number of nitrogens with one attached hydrogen (secondary N) is 1. The van der Waals surface area contributed by atoms with E-state index >= 15 is 0 Å². The number of aliphatic hydroxyl groups is 1. The minimum Gasteiger partial charge on any atom is -0.456 e. The van der Waals surface area contributed by atoms with Crippen LogP contribution in [-0.4, -0.2) is 47.6 Å². The number of benzene rings is 2. The average Bonchev–Trinajstić information content (AvgIpc) is 3.37.